The van der Waals surface area contributed by atoms with Gasteiger partial charge in [0.2, 0.25) is 0 Å². The van der Waals surface area contributed by atoms with Crippen LogP contribution in [0.2, 0.25) is 0 Å². The Bertz CT molecular complexity index is 633. The van der Waals surface area contributed by atoms with Crippen molar-refractivity contribution in [2.24, 2.45) is 0 Å². The van der Waals surface area contributed by atoms with Crippen LogP contribution in [0.15, 0.2) is 36.5 Å². The maximum Gasteiger partial charge on any atom is 0.280 e. The fourth-order valence-electron chi connectivity index (χ4n) is 3.05. The SMILES string of the molecule is O=C(NCCCN1CCCCCC1)c1ncc(-c2ccccc2)s1. The molecule has 1 aliphatic heterocycles. The topological polar surface area (TPSA) is 45.2 Å². The molecule has 1 aliphatic rings. The van der Waals surface area contributed by atoms with E-state index >= 15 is 0 Å². The van der Waals surface area contributed by atoms with Gasteiger partial charge in [0.25, 0.3) is 5.91 Å². The van der Waals surface area contributed by atoms with Crippen LogP contribution >= 0.6 is 11.3 Å². The highest BCUT2D eigenvalue weighted by molar-refractivity contribution is 7.16. The molecule has 1 N–H and O–H groups in total. The molecule has 0 aliphatic carbocycles. The quantitative estimate of drug-likeness (QED) is 0.811. The average Bonchev–Trinajstić information content (AvgIpc) is 2.97. The van der Waals surface area contributed by atoms with Gasteiger partial charge in [0.1, 0.15) is 0 Å². The summed E-state index contributed by atoms with van der Waals surface area (Å²) in [7, 11) is 0. The van der Waals surface area contributed by atoms with Crippen LogP contribution in [0.5, 0.6) is 0 Å². The molecule has 5 heteroatoms. The fraction of sp³-hybridized carbons (Fsp3) is 0.474. The second kappa shape index (κ2) is 8.94. The summed E-state index contributed by atoms with van der Waals surface area (Å²) in [4.78, 5) is 20.0. The highest BCUT2D eigenvalue weighted by Gasteiger charge is 2.12. The molecule has 128 valence electrons. The molecule has 1 aromatic carbocycles. The Kier molecular flexibility index (Phi) is 6.38. The molecule has 24 heavy (non-hydrogen) atoms. The molecule has 0 atom stereocenters. The Labute approximate surface area is 147 Å². The molecule has 0 radical (unpaired) electrons. The van der Waals surface area contributed by atoms with Crippen molar-refractivity contribution in [1.29, 1.82) is 0 Å². The Morgan fingerprint density at radius 1 is 1.12 bits per heavy atom. The second-order valence-corrected chi connectivity index (χ2v) is 7.29. The number of hydrogen-bond donors (Lipinski definition) is 1. The van der Waals surface area contributed by atoms with Crippen LogP contribution in [0.25, 0.3) is 10.4 Å². The standard InChI is InChI=1S/C19H25N3OS/c23-18(20-11-8-14-22-12-6-1-2-7-13-22)19-21-15-17(24-19)16-9-4-3-5-10-16/h3-5,9-10,15H,1-2,6-8,11-14H2,(H,20,23). The van der Waals surface area contributed by atoms with Crippen molar-refractivity contribution in [3.05, 3.63) is 41.5 Å². The number of hydrogen-bond acceptors (Lipinski definition) is 4. The second-order valence-electron chi connectivity index (χ2n) is 6.26. The predicted octanol–water partition coefficient (Wildman–Crippen LogP) is 3.81. The third kappa shape index (κ3) is 4.89. The van der Waals surface area contributed by atoms with Crippen LogP contribution in [0.4, 0.5) is 0 Å². The monoisotopic (exact) mass is 343 g/mol. The zero-order valence-electron chi connectivity index (χ0n) is 14.0. The number of nitrogens with zero attached hydrogens (tertiary/aromatic N) is 2. The molecule has 4 nitrogen and oxygen atoms in total. The average molecular weight is 343 g/mol. The number of likely N-dealkylation sites (tertiary alicyclic amines) is 1. The van der Waals surface area contributed by atoms with Crippen LogP contribution in [0.1, 0.15) is 41.9 Å². The molecule has 0 unspecified atom stereocenters. The molecule has 1 aromatic heterocycles. The molecule has 0 bridgehead atoms. The smallest absolute Gasteiger partial charge is 0.280 e. The Hall–Kier alpha value is -1.72. The first-order valence-corrected chi connectivity index (χ1v) is 9.66. The van der Waals surface area contributed by atoms with Gasteiger partial charge in [-0.25, -0.2) is 4.98 Å². The minimum Gasteiger partial charge on any atom is -0.350 e. The molecule has 1 saturated heterocycles. The Morgan fingerprint density at radius 3 is 2.62 bits per heavy atom. The van der Waals surface area contributed by atoms with Crippen molar-refractivity contribution in [2.75, 3.05) is 26.2 Å². The number of benzene rings is 1. The van der Waals surface area contributed by atoms with Gasteiger partial charge in [0, 0.05) is 12.7 Å². The largest absolute Gasteiger partial charge is 0.350 e. The number of thiazole rings is 1. The number of carbonyl (C=O) groups is 1. The third-order valence-corrected chi connectivity index (χ3v) is 5.44. The lowest BCUT2D eigenvalue weighted by atomic mass is 10.2. The van der Waals surface area contributed by atoms with Crippen LogP contribution in [0, 0.1) is 0 Å². The number of nitrogens with one attached hydrogen (secondary N) is 1. The maximum atomic E-state index is 12.2. The molecule has 1 amide bonds. The summed E-state index contributed by atoms with van der Waals surface area (Å²) in [5.74, 6) is -0.0574. The number of rotatable bonds is 6. The summed E-state index contributed by atoms with van der Waals surface area (Å²) in [6.07, 6.45) is 8.14. The first kappa shape index (κ1) is 17.1. The number of aromatic nitrogens is 1. The van der Waals surface area contributed by atoms with Gasteiger partial charge < -0.3 is 10.2 Å². The van der Waals surface area contributed by atoms with E-state index in [-0.39, 0.29) is 5.91 Å². The summed E-state index contributed by atoms with van der Waals surface area (Å²) in [6.45, 7) is 4.21. The Balaban J connectivity index is 1.43. The van der Waals surface area contributed by atoms with E-state index in [9.17, 15) is 4.79 Å². The third-order valence-electron chi connectivity index (χ3n) is 4.39. The molecular formula is C19H25N3OS. The van der Waals surface area contributed by atoms with Gasteiger partial charge in [0.05, 0.1) is 4.88 Å². The van der Waals surface area contributed by atoms with Crippen molar-refractivity contribution in [3.63, 3.8) is 0 Å². The van der Waals surface area contributed by atoms with Crippen molar-refractivity contribution >= 4 is 17.2 Å². The van der Waals surface area contributed by atoms with Crippen LogP contribution in [-0.2, 0) is 0 Å². The minimum absolute atomic E-state index is 0.0574. The summed E-state index contributed by atoms with van der Waals surface area (Å²) < 4.78 is 0. The molecule has 2 heterocycles. The predicted molar refractivity (Wildman–Crippen MR) is 99.4 cm³/mol. The summed E-state index contributed by atoms with van der Waals surface area (Å²) in [5.41, 5.74) is 1.11. The van der Waals surface area contributed by atoms with Gasteiger partial charge in [-0.2, -0.15) is 0 Å². The maximum absolute atomic E-state index is 12.2. The van der Waals surface area contributed by atoms with E-state index in [0.29, 0.717) is 5.01 Å². The van der Waals surface area contributed by atoms with E-state index in [1.165, 1.54) is 50.1 Å². The molecule has 0 spiro atoms. The van der Waals surface area contributed by atoms with Crippen molar-refractivity contribution in [1.82, 2.24) is 15.2 Å². The summed E-state index contributed by atoms with van der Waals surface area (Å²) in [5, 5.41) is 3.55. The van der Waals surface area contributed by atoms with Crippen molar-refractivity contribution < 1.29 is 4.79 Å². The fourth-order valence-corrected chi connectivity index (χ4v) is 3.89. The first-order chi connectivity index (χ1) is 11.8. The lowest BCUT2D eigenvalue weighted by Gasteiger charge is -2.19. The first-order valence-electron chi connectivity index (χ1n) is 8.85. The van der Waals surface area contributed by atoms with Gasteiger partial charge >= 0.3 is 0 Å². The van der Waals surface area contributed by atoms with E-state index in [2.05, 4.69) is 15.2 Å². The molecule has 3 rings (SSSR count). The molecular weight excluding hydrogens is 318 g/mol. The van der Waals surface area contributed by atoms with Gasteiger partial charge in [-0.1, -0.05) is 43.2 Å². The van der Waals surface area contributed by atoms with Crippen LogP contribution in [0.3, 0.4) is 0 Å². The van der Waals surface area contributed by atoms with E-state index in [1.807, 2.05) is 30.3 Å². The molecule has 1 fully saturated rings. The minimum atomic E-state index is -0.0574. The van der Waals surface area contributed by atoms with Crippen LogP contribution in [-0.4, -0.2) is 42.0 Å². The van der Waals surface area contributed by atoms with Gasteiger partial charge in [-0.05, 0) is 44.5 Å². The van der Waals surface area contributed by atoms with Crippen molar-refractivity contribution in [3.8, 4) is 10.4 Å². The highest BCUT2D eigenvalue weighted by atomic mass is 32.1. The number of amides is 1. The lowest BCUT2D eigenvalue weighted by Crippen LogP contribution is -2.30. The number of carbonyl (C=O) groups excluding carboxylic acids is 1. The summed E-state index contributed by atoms with van der Waals surface area (Å²) >= 11 is 1.45. The normalized spacial score (nSPS) is 15.8. The summed E-state index contributed by atoms with van der Waals surface area (Å²) in [6, 6.07) is 10.1. The van der Waals surface area contributed by atoms with Gasteiger partial charge in [-0.15, -0.1) is 11.3 Å². The Morgan fingerprint density at radius 2 is 1.88 bits per heavy atom. The van der Waals surface area contributed by atoms with E-state index in [4.69, 9.17) is 0 Å². The zero-order chi connectivity index (χ0) is 16.6. The van der Waals surface area contributed by atoms with E-state index in [0.717, 1.165) is 30.0 Å². The van der Waals surface area contributed by atoms with E-state index < -0.39 is 0 Å². The van der Waals surface area contributed by atoms with Crippen LogP contribution < -0.4 is 5.32 Å². The highest BCUT2D eigenvalue weighted by Crippen LogP contribution is 2.25. The zero-order valence-corrected chi connectivity index (χ0v) is 14.9. The van der Waals surface area contributed by atoms with Gasteiger partial charge in [0.15, 0.2) is 5.01 Å². The molecule has 0 saturated carbocycles. The van der Waals surface area contributed by atoms with Gasteiger partial charge in [-0.3, -0.25) is 4.79 Å². The van der Waals surface area contributed by atoms with Crippen molar-refractivity contribution in [2.45, 2.75) is 32.1 Å². The van der Waals surface area contributed by atoms with E-state index in [1.54, 1.807) is 6.20 Å². The lowest BCUT2D eigenvalue weighted by molar-refractivity contribution is 0.0951. The molecule has 2 aromatic rings.